The molecule has 90 valence electrons. The summed E-state index contributed by atoms with van der Waals surface area (Å²) in [5, 5.41) is 0.179. The van der Waals surface area contributed by atoms with E-state index in [0.717, 1.165) is 0 Å². The lowest BCUT2D eigenvalue weighted by molar-refractivity contribution is -0.123. The van der Waals surface area contributed by atoms with Crippen LogP contribution in [0.2, 0.25) is 5.15 Å². The van der Waals surface area contributed by atoms with Gasteiger partial charge in [0, 0.05) is 13.0 Å². The van der Waals surface area contributed by atoms with E-state index in [1.54, 1.807) is 0 Å². The standard InChI is InChI=1S/C9H8BrClN4O2/c10-7-9(14-5(11)2-13-7)15-3-4(8(12)17)1-6(15)16/h2,4H,1,3H2,(H2,12,17). The molecule has 1 atom stereocenters. The third-order valence-electron chi connectivity index (χ3n) is 2.46. The minimum absolute atomic E-state index is 0.0932. The van der Waals surface area contributed by atoms with Gasteiger partial charge in [-0.05, 0) is 15.9 Å². The fraction of sp³-hybridized carbons (Fsp3) is 0.333. The lowest BCUT2D eigenvalue weighted by Crippen LogP contribution is -2.29. The van der Waals surface area contributed by atoms with Crippen LogP contribution in [0.25, 0.3) is 0 Å². The van der Waals surface area contributed by atoms with Crippen LogP contribution in [0.4, 0.5) is 5.82 Å². The van der Waals surface area contributed by atoms with Crippen molar-refractivity contribution in [3.8, 4) is 0 Å². The second kappa shape index (κ2) is 4.58. The normalized spacial score (nSPS) is 19.8. The average Bonchev–Trinajstić information content (AvgIpc) is 2.64. The number of hydrogen-bond acceptors (Lipinski definition) is 4. The van der Waals surface area contributed by atoms with Crippen LogP contribution in [0.15, 0.2) is 10.8 Å². The lowest BCUT2D eigenvalue weighted by Gasteiger charge is -2.15. The van der Waals surface area contributed by atoms with Gasteiger partial charge in [-0.15, -0.1) is 0 Å². The predicted octanol–water partition coefficient (Wildman–Crippen LogP) is 0.731. The summed E-state index contributed by atoms with van der Waals surface area (Å²) in [6, 6.07) is 0. The van der Waals surface area contributed by atoms with Crippen LogP contribution in [0, 0.1) is 5.92 Å². The van der Waals surface area contributed by atoms with E-state index in [1.165, 1.54) is 11.1 Å². The summed E-state index contributed by atoms with van der Waals surface area (Å²) in [7, 11) is 0. The molecule has 0 aliphatic carbocycles. The number of anilines is 1. The first kappa shape index (κ1) is 12.3. The highest BCUT2D eigenvalue weighted by molar-refractivity contribution is 9.10. The fourth-order valence-corrected chi connectivity index (χ4v) is 2.15. The van der Waals surface area contributed by atoms with Gasteiger partial charge >= 0.3 is 0 Å². The van der Waals surface area contributed by atoms with Crippen molar-refractivity contribution in [2.45, 2.75) is 6.42 Å². The van der Waals surface area contributed by atoms with Crippen LogP contribution >= 0.6 is 27.5 Å². The first-order valence-electron chi connectivity index (χ1n) is 4.76. The fourth-order valence-electron chi connectivity index (χ4n) is 1.62. The second-order valence-electron chi connectivity index (χ2n) is 3.61. The Balaban J connectivity index is 2.32. The summed E-state index contributed by atoms with van der Waals surface area (Å²) >= 11 is 8.90. The molecule has 1 saturated heterocycles. The van der Waals surface area contributed by atoms with Gasteiger partial charge in [0.25, 0.3) is 0 Å². The highest BCUT2D eigenvalue weighted by atomic mass is 79.9. The van der Waals surface area contributed by atoms with Crippen molar-refractivity contribution >= 4 is 45.2 Å². The maximum atomic E-state index is 11.7. The first-order valence-corrected chi connectivity index (χ1v) is 5.94. The van der Waals surface area contributed by atoms with Gasteiger partial charge in [-0.1, -0.05) is 11.6 Å². The Morgan fingerprint density at radius 1 is 1.65 bits per heavy atom. The second-order valence-corrected chi connectivity index (χ2v) is 4.75. The molecule has 1 aliphatic heterocycles. The quantitative estimate of drug-likeness (QED) is 0.870. The molecule has 2 N–H and O–H groups in total. The number of nitrogens with two attached hydrogens (primary N) is 1. The van der Waals surface area contributed by atoms with E-state index in [9.17, 15) is 9.59 Å². The molecule has 8 heteroatoms. The summed E-state index contributed by atoms with van der Waals surface area (Å²) in [5.41, 5.74) is 5.18. The van der Waals surface area contributed by atoms with Crippen LogP contribution < -0.4 is 10.6 Å². The molecule has 6 nitrogen and oxygen atoms in total. The molecular formula is C9H8BrClN4O2. The number of hydrogen-bond donors (Lipinski definition) is 1. The Bertz CT molecular complexity index is 496. The molecule has 0 bridgehead atoms. The number of primary amides is 1. The number of rotatable bonds is 2. The van der Waals surface area contributed by atoms with Gasteiger partial charge in [0.2, 0.25) is 11.8 Å². The van der Waals surface area contributed by atoms with Gasteiger partial charge in [-0.25, -0.2) is 9.97 Å². The summed E-state index contributed by atoms with van der Waals surface area (Å²) in [5.74, 6) is -0.889. The third-order valence-corrected chi connectivity index (χ3v) is 3.21. The Labute approximate surface area is 110 Å². The highest BCUT2D eigenvalue weighted by Gasteiger charge is 2.35. The predicted molar refractivity (Wildman–Crippen MR) is 64.4 cm³/mol. The number of halogens is 2. The molecule has 2 amide bonds. The Morgan fingerprint density at radius 3 is 2.94 bits per heavy atom. The number of amides is 2. The van der Waals surface area contributed by atoms with Crippen molar-refractivity contribution in [2.24, 2.45) is 11.7 Å². The summed E-state index contributed by atoms with van der Waals surface area (Å²) in [6.07, 6.45) is 1.46. The Kier molecular flexibility index (Phi) is 3.30. The molecule has 2 heterocycles. The molecule has 1 aliphatic rings. The SMILES string of the molecule is NC(=O)C1CC(=O)N(c2nc(Cl)cnc2Br)C1. The van der Waals surface area contributed by atoms with E-state index in [0.29, 0.717) is 10.4 Å². The van der Waals surface area contributed by atoms with E-state index in [1.807, 2.05) is 0 Å². The van der Waals surface area contributed by atoms with Gasteiger partial charge in [0.05, 0.1) is 12.1 Å². The Hall–Kier alpha value is -1.21. The molecule has 0 saturated carbocycles. The van der Waals surface area contributed by atoms with Crippen LogP contribution in [0.1, 0.15) is 6.42 Å². The molecule has 1 fully saturated rings. The first-order chi connectivity index (χ1) is 7.99. The van der Waals surface area contributed by atoms with Crippen LogP contribution in [0.5, 0.6) is 0 Å². The maximum Gasteiger partial charge on any atom is 0.229 e. The minimum atomic E-state index is -0.494. The molecule has 0 aromatic carbocycles. The van der Waals surface area contributed by atoms with Gasteiger partial charge in [-0.2, -0.15) is 0 Å². The molecule has 2 rings (SSSR count). The van der Waals surface area contributed by atoms with Crippen molar-refractivity contribution in [2.75, 3.05) is 11.4 Å². The Morgan fingerprint density at radius 2 is 2.35 bits per heavy atom. The summed E-state index contributed by atoms with van der Waals surface area (Å²) in [4.78, 5) is 32.1. The van der Waals surface area contributed by atoms with Crippen molar-refractivity contribution in [1.82, 2.24) is 9.97 Å². The number of carbonyl (C=O) groups excluding carboxylic acids is 2. The molecule has 0 radical (unpaired) electrons. The number of carbonyl (C=O) groups is 2. The van der Waals surface area contributed by atoms with Crippen molar-refractivity contribution in [3.05, 3.63) is 16.0 Å². The summed E-state index contributed by atoms with van der Waals surface area (Å²) in [6.45, 7) is 0.210. The van der Waals surface area contributed by atoms with Crippen molar-refractivity contribution in [1.29, 1.82) is 0 Å². The van der Waals surface area contributed by atoms with E-state index < -0.39 is 11.8 Å². The number of aromatic nitrogens is 2. The molecule has 1 aromatic heterocycles. The van der Waals surface area contributed by atoms with E-state index >= 15 is 0 Å². The molecular weight excluding hydrogens is 311 g/mol. The van der Waals surface area contributed by atoms with Crippen molar-refractivity contribution < 1.29 is 9.59 Å². The maximum absolute atomic E-state index is 11.7. The van der Waals surface area contributed by atoms with Gasteiger partial charge in [0.15, 0.2) is 5.82 Å². The zero-order valence-electron chi connectivity index (χ0n) is 8.56. The average molecular weight is 320 g/mol. The zero-order chi connectivity index (χ0) is 12.6. The molecule has 17 heavy (non-hydrogen) atoms. The van der Waals surface area contributed by atoms with Gasteiger partial charge in [-0.3, -0.25) is 14.5 Å². The summed E-state index contributed by atoms with van der Waals surface area (Å²) < 4.78 is 0.403. The van der Waals surface area contributed by atoms with E-state index in [2.05, 4.69) is 25.9 Å². The number of nitrogens with zero attached hydrogens (tertiary/aromatic N) is 3. The smallest absolute Gasteiger partial charge is 0.229 e. The zero-order valence-corrected chi connectivity index (χ0v) is 10.9. The minimum Gasteiger partial charge on any atom is -0.369 e. The van der Waals surface area contributed by atoms with Crippen LogP contribution in [-0.4, -0.2) is 28.3 Å². The topological polar surface area (TPSA) is 89.2 Å². The van der Waals surface area contributed by atoms with Crippen LogP contribution in [0.3, 0.4) is 0 Å². The molecule has 1 unspecified atom stereocenters. The monoisotopic (exact) mass is 318 g/mol. The molecule has 0 spiro atoms. The third kappa shape index (κ3) is 2.39. The van der Waals surface area contributed by atoms with Gasteiger partial charge < -0.3 is 5.73 Å². The van der Waals surface area contributed by atoms with Crippen molar-refractivity contribution in [3.63, 3.8) is 0 Å². The van der Waals surface area contributed by atoms with Crippen LogP contribution in [-0.2, 0) is 9.59 Å². The lowest BCUT2D eigenvalue weighted by atomic mass is 10.1. The van der Waals surface area contributed by atoms with E-state index in [-0.39, 0.29) is 24.0 Å². The largest absolute Gasteiger partial charge is 0.369 e. The van der Waals surface area contributed by atoms with E-state index in [4.69, 9.17) is 17.3 Å². The highest BCUT2D eigenvalue weighted by Crippen LogP contribution is 2.29. The van der Waals surface area contributed by atoms with Gasteiger partial charge in [0.1, 0.15) is 9.76 Å². The molecule has 1 aromatic rings.